The summed E-state index contributed by atoms with van der Waals surface area (Å²) in [6, 6.07) is 10.6. The lowest BCUT2D eigenvalue weighted by atomic mass is 10.1. The van der Waals surface area contributed by atoms with Crippen LogP contribution in [-0.2, 0) is 4.74 Å². The maximum atomic E-state index is 13.2. The third kappa shape index (κ3) is 3.25. The number of nitrogens with one attached hydrogen (secondary N) is 1. The van der Waals surface area contributed by atoms with Crippen LogP contribution in [0.3, 0.4) is 0 Å². The molecule has 0 radical (unpaired) electrons. The number of carbonyl (C=O) groups excluding carboxylic acids is 2. The molecule has 2 rings (SSSR count). The molecule has 0 spiro atoms. The summed E-state index contributed by atoms with van der Waals surface area (Å²) in [6.45, 7) is 1.58. The van der Waals surface area contributed by atoms with Crippen LogP contribution in [0.25, 0.3) is 0 Å². The number of benzene rings is 2. The third-order valence-corrected chi connectivity index (χ3v) is 3.00. The molecule has 0 aliphatic rings. The number of rotatable bonds is 3. The maximum Gasteiger partial charge on any atom is 0.339 e. The predicted molar refractivity (Wildman–Crippen MR) is 76.9 cm³/mol. The smallest absolute Gasteiger partial charge is 0.339 e. The van der Waals surface area contributed by atoms with Gasteiger partial charge in [-0.3, -0.25) is 4.79 Å². The standard InChI is InChI=1S/C16H14FNO3/c1-10-9-11(7-8-13(10)17)15(19)18-14-6-4-3-5-12(14)16(20)21-2/h3-9H,1-2H3,(H,18,19). The summed E-state index contributed by atoms with van der Waals surface area (Å²) < 4.78 is 17.9. The number of hydrogen-bond acceptors (Lipinski definition) is 3. The van der Waals surface area contributed by atoms with Gasteiger partial charge in [0.2, 0.25) is 0 Å². The van der Waals surface area contributed by atoms with Crippen molar-refractivity contribution in [2.45, 2.75) is 6.92 Å². The predicted octanol–water partition coefficient (Wildman–Crippen LogP) is 3.17. The SMILES string of the molecule is COC(=O)c1ccccc1NC(=O)c1ccc(F)c(C)c1. The highest BCUT2D eigenvalue weighted by Crippen LogP contribution is 2.18. The van der Waals surface area contributed by atoms with Crippen molar-refractivity contribution in [2.75, 3.05) is 12.4 Å². The van der Waals surface area contributed by atoms with Crippen LogP contribution < -0.4 is 5.32 Å². The molecule has 1 N–H and O–H groups in total. The van der Waals surface area contributed by atoms with E-state index in [9.17, 15) is 14.0 Å². The zero-order valence-corrected chi connectivity index (χ0v) is 11.6. The molecule has 1 amide bonds. The van der Waals surface area contributed by atoms with Crippen molar-refractivity contribution in [2.24, 2.45) is 0 Å². The topological polar surface area (TPSA) is 55.4 Å². The van der Waals surface area contributed by atoms with Crippen LogP contribution in [0.1, 0.15) is 26.3 Å². The largest absolute Gasteiger partial charge is 0.465 e. The molecule has 0 atom stereocenters. The Kier molecular flexibility index (Phi) is 4.33. The second kappa shape index (κ2) is 6.17. The minimum Gasteiger partial charge on any atom is -0.465 e. The molecule has 0 bridgehead atoms. The van der Waals surface area contributed by atoms with E-state index < -0.39 is 11.9 Å². The van der Waals surface area contributed by atoms with Crippen molar-refractivity contribution in [1.82, 2.24) is 0 Å². The van der Waals surface area contributed by atoms with Gasteiger partial charge >= 0.3 is 5.97 Å². The first kappa shape index (κ1) is 14.7. The Morgan fingerprint density at radius 1 is 1.14 bits per heavy atom. The van der Waals surface area contributed by atoms with Gasteiger partial charge in [-0.05, 0) is 42.8 Å². The highest BCUT2D eigenvalue weighted by atomic mass is 19.1. The zero-order valence-electron chi connectivity index (χ0n) is 11.6. The van der Waals surface area contributed by atoms with E-state index in [0.717, 1.165) is 0 Å². The fourth-order valence-corrected chi connectivity index (χ4v) is 1.86. The fourth-order valence-electron chi connectivity index (χ4n) is 1.86. The summed E-state index contributed by atoms with van der Waals surface area (Å²) in [7, 11) is 1.27. The average molecular weight is 287 g/mol. The highest BCUT2D eigenvalue weighted by molar-refractivity contribution is 6.08. The van der Waals surface area contributed by atoms with E-state index in [-0.39, 0.29) is 11.4 Å². The van der Waals surface area contributed by atoms with E-state index in [1.807, 2.05) is 0 Å². The van der Waals surface area contributed by atoms with E-state index in [4.69, 9.17) is 0 Å². The Morgan fingerprint density at radius 2 is 1.86 bits per heavy atom. The highest BCUT2D eigenvalue weighted by Gasteiger charge is 2.14. The lowest BCUT2D eigenvalue weighted by Gasteiger charge is -2.10. The lowest BCUT2D eigenvalue weighted by Crippen LogP contribution is -2.15. The van der Waals surface area contributed by atoms with Gasteiger partial charge in [0, 0.05) is 5.56 Å². The maximum absolute atomic E-state index is 13.2. The molecule has 2 aromatic carbocycles. The van der Waals surface area contributed by atoms with Crippen molar-refractivity contribution in [3.63, 3.8) is 0 Å². The van der Waals surface area contributed by atoms with Gasteiger partial charge in [0.25, 0.3) is 5.91 Å². The van der Waals surface area contributed by atoms with Crippen molar-refractivity contribution in [3.05, 3.63) is 65.0 Å². The third-order valence-electron chi connectivity index (χ3n) is 3.00. The van der Waals surface area contributed by atoms with Gasteiger partial charge in [0.1, 0.15) is 5.82 Å². The number of halogens is 1. The minimum atomic E-state index is -0.541. The molecule has 0 saturated heterocycles. The number of anilines is 1. The number of carbonyl (C=O) groups is 2. The first-order valence-corrected chi connectivity index (χ1v) is 6.27. The van der Waals surface area contributed by atoms with E-state index >= 15 is 0 Å². The van der Waals surface area contributed by atoms with Crippen LogP contribution in [0.15, 0.2) is 42.5 Å². The molecule has 0 unspecified atom stereocenters. The molecule has 5 heteroatoms. The minimum absolute atomic E-state index is 0.257. The van der Waals surface area contributed by atoms with Crippen LogP contribution in [0.4, 0.5) is 10.1 Å². The number of amides is 1. The molecule has 108 valence electrons. The normalized spacial score (nSPS) is 10.0. The zero-order chi connectivity index (χ0) is 15.4. The number of para-hydroxylation sites is 1. The van der Waals surface area contributed by atoms with E-state index in [1.165, 1.54) is 25.3 Å². The first-order chi connectivity index (χ1) is 10.0. The molecular formula is C16H14FNO3. The quantitative estimate of drug-likeness (QED) is 0.882. The molecule has 21 heavy (non-hydrogen) atoms. The number of ether oxygens (including phenoxy) is 1. The molecule has 4 nitrogen and oxygen atoms in total. The number of methoxy groups -OCH3 is 1. The Labute approximate surface area is 121 Å². The molecule has 0 aliphatic heterocycles. The van der Waals surface area contributed by atoms with E-state index in [1.54, 1.807) is 31.2 Å². The Bertz CT molecular complexity index is 698. The summed E-state index contributed by atoms with van der Waals surface area (Å²) >= 11 is 0. The summed E-state index contributed by atoms with van der Waals surface area (Å²) in [5, 5.41) is 2.63. The van der Waals surface area contributed by atoms with Gasteiger partial charge in [0.05, 0.1) is 18.4 Å². The fraction of sp³-hybridized carbons (Fsp3) is 0.125. The number of aryl methyl sites for hydroxylation is 1. The van der Waals surface area contributed by atoms with Crippen LogP contribution in [0, 0.1) is 12.7 Å². The van der Waals surface area contributed by atoms with Crippen molar-refractivity contribution < 1.29 is 18.7 Å². The average Bonchev–Trinajstić information content (AvgIpc) is 2.49. The van der Waals surface area contributed by atoms with Crippen LogP contribution in [0.5, 0.6) is 0 Å². The summed E-state index contributed by atoms with van der Waals surface area (Å²) in [4.78, 5) is 23.8. The van der Waals surface area contributed by atoms with Crippen LogP contribution in [-0.4, -0.2) is 19.0 Å². The monoisotopic (exact) mass is 287 g/mol. The van der Waals surface area contributed by atoms with Crippen LogP contribution in [0.2, 0.25) is 0 Å². The van der Waals surface area contributed by atoms with Crippen molar-refractivity contribution >= 4 is 17.6 Å². The number of hydrogen-bond donors (Lipinski definition) is 1. The van der Waals surface area contributed by atoms with Gasteiger partial charge in [-0.2, -0.15) is 0 Å². The first-order valence-electron chi connectivity index (χ1n) is 6.27. The Hall–Kier alpha value is -2.69. The van der Waals surface area contributed by atoms with Gasteiger partial charge in [0.15, 0.2) is 0 Å². The molecule has 2 aromatic rings. The van der Waals surface area contributed by atoms with E-state index in [2.05, 4.69) is 10.1 Å². The van der Waals surface area contributed by atoms with Gasteiger partial charge < -0.3 is 10.1 Å². The van der Waals surface area contributed by atoms with Gasteiger partial charge in [-0.15, -0.1) is 0 Å². The number of esters is 1. The van der Waals surface area contributed by atoms with Gasteiger partial charge in [-0.1, -0.05) is 12.1 Å². The molecular weight excluding hydrogens is 273 g/mol. The molecule has 0 aliphatic carbocycles. The Balaban J connectivity index is 2.27. The Morgan fingerprint density at radius 3 is 2.52 bits per heavy atom. The second-order valence-electron chi connectivity index (χ2n) is 4.46. The molecule has 0 heterocycles. The van der Waals surface area contributed by atoms with Crippen LogP contribution >= 0.6 is 0 Å². The lowest BCUT2D eigenvalue weighted by molar-refractivity contribution is 0.0602. The molecule has 0 fully saturated rings. The van der Waals surface area contributed by atoms with Crippen molar-refractivity contribution in [1.29, 1.82) is 0 Å². The summed E-state index contributed by atoms with van der Waals surface area (Å²) in [5.41, 5.74) is 1.29. The molecule has 0 aromatic heterocycles. The summed E-state index contributed by atoms with van der Waals surface area (Å²) in [6.07, 6.45) is 0. The summed E-state index contributed by atoms with van der Waals surface area (Å²) in [5.74, 6) is -1.34. The second-order valence-corrected chi connectivity index (χ2v) is 4.46. The molecule has 0 saturated carbocycles. The van der Waals surface area contributed by atoms with Gasteiger partial charge in [-0.25, -0.2) is 9.18 Å². The van der Waals surface area contributed by atoms with Crippen molar-refractivity contribution in [3.8, 4) is 0 Å². The van der Waals surface area contributed by atoms with E-state index in [0.29, 0.717) is 16.8 Å².